The summed E-state index contributed by atoms with van der Waals surface area (Å²) in [6.45, 7) is 6.07. The number of methoxy groups -OCH3 is 1. The van der Waals surface area contributed by atoms with E-state index in [1.54, 1.807) is 45.2 Å². The van der Waals surface area contributed by atoms with Gasteiger partial charge in [0, 0.05) is 6.54 Å². The van der Waals surface area contributed by atoms with Crippen molar-refractivity contribution >= 4 is 11.9 Å². The Kier molecular flexibility index (Phi) is 7.94. The fraction of sp³-hybridized carbons (Fsp3) is 0.529. The molecule has 0 radical (unpaired) electrons. The molecule has 128 valence electrons. The first kappa shape index (κ1) is 18.8. The number of carbonyl (C=O) groups excluding carboxylic acids is 2. The average Bonchev–Trinajstić information content (AvgIpc) is 2.54. The molecule has 0 N–H and O–H groups in total. The highest BCUT2D eigenvalue weighted by Gasteiger charge is 2.24. The number of ether oxygens (including phenoxy) is 3. The minimum Gasteiger partial charge on any atom is -0.497 e. The van der Waals surface area contributed by atoms with Gasteiger partial charge in [-0.25, -0.2) is 0 Å². The van der Waals surface area contributed by atoms with Crippen LogP contribution in [0.15, 0.2) is 24.3 Å². The number of nitrogens with zero attached hydrogens (tertiary/aromatic N) is 1. The summed E-state index contributed by atoms with van der Waals surface area (Å²) < 4.78 is 15.6. The Bertz CT molecular complexity index is 500. The Morgan fingerprint density at radius 3 is 2.26 bits per heavy atom. The summed E-state index contributed by atoms with van der Waals surface area (Å²) in [5.74, 6) is 0.632. The van der Waals surface area contributed by atoms with E-state index < -0.39 is 12.1 Å². The standard InChI is InChI=1S/C17H25NO5/c1-5-11-18(12-16(19)22-6-2)17(20)13(3)23-15-9-7-14(21-4)8-10-15/h7-10,13H,5-6,11-12H2,1-4H3/t13-/m0/s1. The highest BCUT2D eigenvalue weighted by Crippen LogP contribution is 2.18. The quantitative estimate of drug-likeness (QED) is 0.652. The highest BCUT2D eigenvalue weighted by atomic mass is 16.5. The molecule has 0 aliphatic heterocycles. The molecule has 6 nitrogen and oxygen atoms in total. The lowest BCUT2D eigenvalue weighted by molar-refractivity contribution is -0.151. The molecule has 0 heterocycles. The number of amides is 1. The number of esters is 1. The lowest BCUT2D eigenvalue weighted by Gasteiger charge is -2.25. The molecule has 0 bridgehead atoms. The van der Waals surface area contributed by atoms with Crippen molar-refractivity contribution < 1.29 is 23.8 Å². The molecule has 0 aliphatic carbocycles. The average molecular weight is 323 g/mol. The van der Waals surface area contributed by atoms with Crippen molar-refractivity contribution in [3.05, 3.63) is 24.3 Å². The van der Waals surface area contributed by atoms with Crippen LogP contribution in [0.1, 0.15) is 27.2 Å². The molecule has 6 heteroatoms. The first-order chi connectivity index (χ1) is 11.0. The summed E-state index contributed by atoms with van der Waals surface area (Å²) in [4.78, 5) is 25.5. The van der Waals surface area contributed by atoms with Gasteiger partial charge in [0.2, 0.25) is 0 Å². The van der Waals surface area contributed by atoms with Crippen molar-refractivity contribution in [3.8, 4) is 11.5 Å². The van der Waals surface area contributed by atoms with Gasteiger partial charge >= 0.3 is 5.97 Å². The number of rotatable bonds is 9. The second kappa shape index (κ2) is 9.71. The third-order valence-corrected chi connectivity index (χ3v) is 3.15. The summed E-state index contributed by atoms with van der Waals surface area (Å²) in [6.07, 6.45) is 0.0600. The maximum Gasteiger partial charge on any atom is 0.325 e. The second-order valence-corrected chi connectivity index (χ2v) is 5.00. The Labute approximate surface area is 137 Å². The normalized spacial score (nSPS) is 11.5. The third-order valence-electron chi connectivity index (χ3n) is 3.15. The number of hydrogen-bond donors (Lipinski definition) is 0. The topological polar surface area (TPSA) is 65.1 Å². The van der Waals surface area contributed by atoms with Gasteiger partial charge in [0.05, 0.1) is 13.7 Å². The van der Waals surface area contributed by atoms with E-state index in [1.807, 2.05) is 6.92 Å². The zero-order chi connectivity index (χ0) is 17.2. The summed E-state index contributed by atoms with van der Waals surface area (Å²) in [7, 11) is 1.58. The molecule has 0 saturated heterocycles. The van der Waals surface area contributed by atoms with E-state index in [9.17, 15) is 9.59 Å². The van der Waals surface area contributed by atoms with Gasteiger partial charge < -0.3 is 19.1 Å². The van der Waals surface area contributed by atoms with Gasteiger partial charge in [-0.2, -0.15) is 0 Å². The van der Waals surface area contributed by atoms with Crippen LogP contribution >= 0.6 is 0 Å². The second-order valence-electron chi connectivity index (χ2n) is 5.00. The molecule has 0 aromatic heterocycles. The van der Waals surface area contributed by atoms with Crippen LogP contribution in [0.3, 0.4) is 0 Å². The van der Waals surface area contributed by atoms with Crippen molar-refractivity contribution in [1.82, 2.24) is 4.90 Å². The zero-order valence-corrected chi connectivity index (χ0v) is 14.2. The van der Waals surface area contributed by atoms with Crippen LogP contribution in [0, 0.1) is 0 Å². The van der Waals surface area contributed by atoms with Gasteiger partial charge in [0.1, 0.15) is 18.0 Å². The van der Waals surface area contributed by atoms with E-state index in [1.165, 1.54) is 4.90 Å². The van der Waals surface area contributed by atoms with Crippen molar-refractivity contribution in [2.75, 3.05) is 26.8 Å². The molecule has 1 amide bonds. The fourth-order valence-corrected chi connectivity index (χ4v) is 2.07. The summed E-state index contributed by atoms with van der Waals surface area (Å²) in [5.41, 5.74) is 0. The van der Waals surface area contributed by atoms with Crippen LogP contribution in [0.2, 0.25) is 0 Å². The molecule has 0 saturated carbocycles. The molecule has 1 atom stereocenters. The fourth-order valence-electron chi connectivity index (χ4n) is 2.07. The van der Waals surface area contributed by atoms with E-state index in [4.69, 9.17) is 14.2 Å². The summed E-state index contributed by atoms with van der Waals surface area (Å²) in [6, 6.07) is 6.99. The molecule has 0 spiro atoms. The predicted molar refractivity (Wildman–Crippen MR) is 86.6 cm³/mol. The smallest absolute Gasteiger partial charge is 0.325 e. The Balaban J connectivity index is 2.67. The van der Waals surface area contributed by atoms with E-state index in [0.717, 1.165) is 6.42 Å². The molecule has 0 unspecified atom stereocenters. The minimum atomic E-state index is -0.690. The molecule has 1 aromatic carbocycles. The number of benzene rings is 1. The van der Waals surface area contributed by atoms with Crippen LogP contribution < -0.4 is 9.47 Å². The van der Waals surface area contributed by atoms with Gasteiger partial charge in [0.25, 0.3) is 5.91 Å². The Morgan fingerprint density at radius 1 is 1.13 bits per heavy atom. The molecule has 1 rings (SSSR count). The van der Waals surface area contributed by atoms with Gasteiger partial charge in [0.15, 0.2) is 6.10 Å². The Morgan fingerprint density at radius 2 is 1.74 bits per heavy atom. The van der Waals surface area contributed by atoms with Crippen molar-refractivity contribution in [3.63, 3.8) is 0 Å². The highest BCUT2D eigenvalue weighted by molar-refractivity contribution is 5.85. The zero-order valence-electron chi connectivity index (χ0n) is 14.2. The lowest BCUT2D eigenvalue weighted by atomic mass is 10.3. The first-order valence-electron chi connectivity index (χ1n) is 7.76. The molecule has 1 aromatic rings. The molecule has 23 heavy (non-hydrogen) atoms. The van der Waals surface area contributed by atoms with Crippen LogP contribution in [0.4, 0.5) is 0 Å². The Hall–Kier alpha value is -2.24. The summed E-state index contributed by atoms with van der Waals surface area (Å²) in [5, 5.41) is 0. The minimum absolute atomic E-state index is 0.0587. The summed E-state index contributed by atoms with van der Waals surface area (Å²) >= 11 is 0. The van der Waals surface area contributed by atoms with E-state index >= 15 is 0 Å². The van der Waals surface area contributed by atoms with Crippen molar-refractivity contribution in [2.24, 2.45) is 0 Å². The number of carbonyl (C=O) groups is 2. The van der Waals surface area contributed by atoms with Crippen molar-refractivity contribution in [1.29, 1.82) is 0 Å². The largest absolute Gasteiger partial charge is 0.497 e. The lowest BCUT2D eigenvalue weighted by Crippen LogP contribution is -2.44. The van der Waals surface area contributed by atoms with Gasteiger partial charge in [-0.15, -0.1) is 0 Å². The van der Waals surface area contributed by atoms with E-state index in [-0.39, 0.29) is 12.5 Å². The molecule has 0 aliphatic rings. The van der Waals surface area contributed by atoms with E-state index in [0.29, 0.717) is 24.7 Å². The van der Waals surface area contributed by atoms with Crippen LogP contribution in [-0.2, 0) is 14.3 Å². The molecular weight excluding hydrogens is 298 g/mol. The predicted octanol–water partition coefficient (Wildman–Crippen LogP) is 2.26. The first-order valence-corrected chi connectivity index (χ1v) is 7.76. The number of hydrogen-bond acceptors (Lipinski definition) is 5. The van der Waals surface area contributed by atoms with Gasteiger partial charge in [-0.1, -0.05) is 6.92 Å². The van der Waals surface area contributed by atoms with Crippen LogP contribution in [0.5, 0.6) is 11.5 Å². The monoisotopic (exact) mass is 323 g/mol. The third kappa shape index (κ3) is 6.18. The van der Waals surface area contributed by atoms with E-state index in [2.05, 4.69) is 0 Å². The maximum atomic E-state index is 12.5. The van der Waals surface area contributed by atoms with Gasteiger partial charge in [-0.05, 0) is 44.5 Å². The molecular formula is C17H25NO5. The SMILES string of the molecule is CCCN(CC(=O)OCC)C(=O)[C@H](C)Oc1ccc(OC)cc1. The van der Waals surface area contributed by atoms with Gasteiger partial charge in [-0.3, -0.25) is 9.59 Å². The maximum absolute atomic E-state index is 12.5. The van der Waals surface area contributed by atoms with Crippen LogP contribution in [-0.4, -0.2) is 49.7 Å². The van der Waals surface area contributed by atoms with Crippen LogP contribution in [0.25, 0.3) is 0 Å². The van der Waals surface area contributed by atoms with Crippen molar-refractivity contribution in [2.45, 2.75) is 33.3 Å². The molecule has 0 fully saturated rings.